The molecule has 0 heterocycles. The van der Waals surface area contributed by atoms with Crippen molar-refractivity contribution in [3.8, 4) is 0 Å². The second-order valence-corrected chi connectivity index (χ2v) is 3.63. The fourth-order valence-electron chi connectivity index (χ4n) is 0.900. The summed E-state index contributed by atoms with van der Waals surface area (Å²) in [6, 6.07) is 0. The van der Waals surface area contributed by atoms with Crippen LogP contribution in [0, 0.1) is 0 Å². The first kappa shape index (κ1) is 11.1. The number of hydrogen-bond donors (Lipinski definition) is 2. The van der Waals surface area contributed by atoms with Gasteiger partial charge in [0, 0.05) is 5.75 Å². The highest BCUT2D eigenvalue weighted by Crippen LogP contribution is 2.02. The monoisotopic (exact) mass is 179 g/mol. The van der Waals surface area contributed by atoms with Gasteiger partial charge in [-0.15, -0.1) is 0 Å². The molecule has 0 amide bonds. The first-order valence-corrected chi connectivity index (χ1v) is 5.32. The van der Waals surface area contributed by atoms with Gasteiger partial charge in [-0.05, 0) is 19.4 Å². The van der Waals surface area contributed by atoms with Crippen LogP contribution in [0.2, 0.25) is 0 Å². The summed E-state index contributed by atoms with van der Waals surface area (Å²) in [5, 5.41) is 0. The van der Waals surface area contributed by atoms with Crippen LogP contribution in [0.1, 0.15) is 32.1 Å². The predicted octanol–water partition coefficient (Wildman–Crippen LogP) is 1.12. The molecule has 3 N–H and O–H groups in total. The van der Waals surface area contributed by atoms with E-state index in [0.717, 1.165) is 38.6 Å². The highest BCUT2D eigenvalue weighted by atomic mass is 32.2. The third kappa shape index (κ3) is 10.1. The summed E-state index contributed by atoms with van der Waals surface area (Å²) in [7, 11) is 0. The second kappa shape index (κ2) is 8.17. The first-order valence-electron chi connectivity index (χ1n) is 4.05. The lowest BCUT2D eigenvalue weighted by atomic mass is 10.2. The summed E-state index contributed by atoms with van der Waals surface area (Å²) < 4.78 is 18.6. The van der Waals surface area contributed by atoms with Gasteiger partial charge in [0.1, 0.15) is 0 Å². The molecule has 4 heteroatoms. The molecule has 0 saturated carbocycles. The van der Waals surface area contributed by atoms with Crippen molar-refractivity contribution in [1.82, 2.24) is 0 Å². The summed E-state index contributed by atoms with van der Waals surface area (Å²) in [4.78, 5) is 0. The standard InChI is InChI=1S/C7H17NO2S/c8-6-4-2-1-3-5-7-11(9)10/h1-8H2,(H,9,10). The van der Waals surface area contributed by atoms with Crippen LogP contribution in [0.5, 0.6) is 0 Å². The van der Waals surface area contributed by atoms with Gasteiger partial charge in [0.25, 0.3) is 0 Å². The Morgan fingerprint density at radius 3 is 2.18 bits per heavy atom. The van der Waals surface area contributed by atoms with Crippen LogP contribution >= 0.6 is 0 Å². The van der Waals surface area contributed by atoms with E-state index in [0.29, 0.717) is 5.75 Å². The van der Waals surface area contributed by atoms with Gasteiger partial charge in [-0.2, -0.15) is 0 Å². The zero-order valence-electron chi connectivity index (χ0n) is 6.79. The molecule has 1 unspecified atom stereocenters. The molecule has 0 aliphatic heterocycles. The van der Waals surface area contributed by atoms with Crippen molar-refractivity contribution in [2.45, 2.75) is 32.1 Å². The predicted molar refractivity (Wildman–Crippen MR) is 47.8 cm³/mol. The van der Waals surface area contributed by atoms with Crippen molar-refractivity contribution < 1.29 is 8.76 Å². The van der Waals surface area contributed by atoms with Crippen LogP contribution in [0.25, 0.3) is 0 Å². The van der Waals surface area contributed by atoms with E-state index < -0.39 is 11.1 Å². The molecule has 0 aromatic rings. The SMILES string of the molecule is NCCCCCCCS(=O)O. The number of hydrogen-bond acceptors (Lipinski definition) is 2. The van der Waals surface area contributed by atoms with Gasteiger partial charge in [0.05, 0.1) is 0 Å². The Morgan fingerprint density at radius 1 is 1.09 bits per heavy atom. The van der Waals surface area contributed by atoms with Crippen molar-refractivity contribution >= 4 is 11.1 Å². The molecule has 0 fully saturated rings. The lowest BCUT2D eigenvalue weighted by molar-refractivity contribution is 0.556. The third-order valence-electron chi connectivity index (χ3n) is 1.52. The van der Waals surface area contributed by atoms with Crippen LogP contribution in [0.4, 0.5) is 0 Å². The topological polar surface area (TPSA) is 63.3 Å². The lowest BCUT2D eigenvalue weighted by Crippen LogP contribution is -1.98. The van der Waals surface area contributed by atoms with Gasteiger partial charge in [0.2, 0.25) is 0 Å². The minimum absolute atomic E-state index is 0.419. The molecule has 0 aliphatic carbocycles. The molecule has 0 bridgehead atoms. The minimum atomic E-state index is -1.60. The molecule has 0 spiro atoms. The van der Waals surface area contributed by atoms with E-state index in [9.17, 15) is 4.21 Å². The van der Waals surface area contributed by atoms with E-state index in [1.165, 1.54) is 0 Å². The molecule has 0 aromatic carbocycles. The van der Waals surface area contributed by atoms with Crippen molar-refractivity contribution in [3.63, 3.8) is 0 Å². The summed E-state index contributed by atoms with van der Waals surface area (Å²) in [5.74, 6) is 0.419. The molecule has 0 aliphatic rings. The molecule has 68 valence electrons. The highest BCUT2D eigenvalue weighted by Gasteiger charge is 1.93. The van der Waals surface area contributed by atoms with E-state index in [-0.39, 0.29) is 0 Å². The van der Waals surface area contributed by atoms with Gasteiger partial charge >= 0.3 is 0 Å². The molecule has 3 nitrogen and oxygen atoms in total. The van der Waals surface area contributed by atoms with E-state index >= 15 is 0 Å². The van der Waals surface area contributed by atoms with E-state index in [2.05, 4.69) is 0 Å². The van der Waals surface area contributed by atoms with Crippen molar-refractivity contribution in [2.75, 3.05) is 12.3 Å². The highest BCUT2D eigenvalue weighted by molar-refractivity contribution is 7.79. The summed E-state index contributed by atoms with van der Waals surface area (Å²) in [6.45, 7) is 0.756. The normalized spacial score (nSPS) is 13.3. The summed E-state index contributed by atoms with van der Waals surface area (Å²) in [6.07, 6.45) is 5.26. The first-order chi connectivity index (χ1) is 5.27. The minimum Gasteiger partial charge on any atom is -0.330 e. The van der Waals surface area contributed by atoms with Gasteiger partial charge in [-0.3, -0.25) is 0 Å². The van der Waals surface area contributed by atoms with Crippen LogP contribution in [-0.2, 0) is 11.1 Å². The smallest absolute Gasteiger partial charge is 0.152 e. The lowest BCUT2D eigenvalue weighted by Gasteiger charge is -1.97. The molecule has 0 aromatic heterocycles. The Bertz CT molecular complexity index is 109. The Balaban J connectivity index is 2.85. The van der Waals surface area contributed by atoms with Crippen LogP contribution in [0.15, 0.2) is 0 Å². The van der Waals surface area contributed by atoms with Crippen molar-refractivity contribution in [3.05, 3.63) is 0 Å². The molecule has 11 heavy (non-hydrogen) atoms. The largest absolute Gasteiger partial charge is 0.330 e. The van der Waals surface area contributed by atoms with Crippen molar-refractivity contribution in [1.29, 1.82) is 0 Å². The number of rotatable bonds is 7. The summed E-state index contributed by atoms with van der Waals surface area (Å²) in [5.41, 5.74) is 5.30. The fourth-order valence-corrected chi connectivity index (χ4v) is 1.35. The molecule has 1 atom stereocenters. The Morgan fingerprint density at radius 2 is 1.64 bits per heavy atom. The Hall–Kier alpha value is 0.0700. The molecule has 0 radical (unpaired) electrons. The second-order valence-electron chi connectivity index (χ2n) is 2.58. The molecule has 0 saturated heterocycles. The zero-order chi connectivity index (χ0) is 8.53. The Kier molecular flexibility index (Phi) is 8.22. The van der Waals surface area contributed by atoms with E-state index in [1.54, 1.807) is 0 Å². The number of nitrogens with two attached hydrogens (primary N) is 1. The van der Waals surface area contributed by atoms with Gasteiger partial charge in [-0.1, -0.05) is 19.3 Å². The van der Waals surface area contributed by atoms with Crippen molar-refractivity contribution in [2.24, 2.45) is 5.73 Å². The number of unbranched alkanes of at least 4 members (excludes halogenated alkanes) is 4. The Labute approximate surface area is 70.6 Å². The molecule has 0 rings (SSSR count). The van der Waals surface area contributed by atoms with Gasteiger partial charge in [-0.25, -0.2) is 4.21 Å². The summed E-state index contributed by atoms with van der Waals surface area (Å²) >= 11 is -1.60. The van der Waals surface area contributed by atoms with Gasteiger partial charge < -0.3 is 10.3 Å². The average Bonchev–Trinajstić information content (AvgIpc) is 1.96. The zero-order valence-corrected chi connectivity index (χ0v) is 7.61. The van der Waals surface area contributed by atoms with Gasteiger partial charge in [0.15, 0.2) is 11.1 Å². The van der Waals surface area contributed by atoms with Crippen LogP contribution in [-0.4, -0.2) is 21.1 Å². The van der Waals surface area contributed by atoms with Crippen LogP contribution in [0.3, 0.4) is 0 Å². The maximum atomic E-state index is 10.2. The fraction of sp³-hybridized carbons (Fsp3) is 1.00. The average molecular weight is 179 g/mol. The van der Waals surface area contributed by atoms with Crippen LogP contribution < -0.4 is 5.73 Å². The molecular formula is C7H17NO2S. The quantitative estimate of drug-likeness (QED) is 0.454. The molecular weight excluding hydrogens is 162 g/mol. The van der Waals surface area contributed by atoms with E-state index in [1.807, 2.05) is 0 Å². The van der Waals surface area contributed by atoms with E-state index in [4.69, 9.17) is 10.3 Å². The maximum Gasteiger partial charge on any atom is 0.152 e. The maximum absolute atomic E-state index is 10.2. The third-order valence-corrected chi connectivity index (χ3v) is 2.16.